The van der Waals surface area contributed by atoms with Crippen molar-refractivity contribution in [2.24, 2.45) is 5.92 Å². The summed E-state index contributed by atoms with van der Waals surface area (Å²) >= 11 is 12.7. The average Bonchev–Trinajstić information content (AvgIpc) is 1.68. The van der Waals surface area contributed by atoms with Gasteiger partial charge in [-0.05, 0) is 142 Å². The second-order valence-electron chi connectivity index (χ2n) is 24.8. The highest BCUT2D eigenvalue weighted by molar-refractivity contribution is 6.35. The monoisotopic (exact) mass is 1330 g/mol. The van der Waals surface area contributed by atoms with Crippen molar-refractivity contribution >= 4 is 52.4 Å². The minimum absolute atomic E-state index is 0.0645. The predicted octanol–water partition coefficient (Wildman–Crippen LogP) is 9.91. The first-order chi connectivity index (χ1) is 45.9. The molecule has 0 aliphatic carbocycles. The zero-order valence-electron chi connectivity index (χ0n) is 54.7. The largest absolute Gasteiger partial charge is 0.491 e. The van der Waals surface area contributed by atoms with Crippen LogP contribution in [0.4, 0.5) is 16.2 Å². The molecule has 1 unspecified atom stereocenters. The molecule has 4 N–H and O–H groups in total. The molecule has 0 spiro atoms. The van der Waals surface area contributed by atoms with Crippen LogP contribution in [0, 0.1) is 19.8 Å². The molecule has 21 nitrogen and oxygen atoms in total. The van der Waals surface area contributed by atoms with E-state index in [1.54, 1.807) is 38.9 Å². The summed E-state index contributed by atoms with van der Waals surface area (Å²) in [4.78, 5) is 62.9. The van der Waals surface area contributed by atoms with Crippen molar-refractivity contribution in [1.29, 1.82) is 0 Å². The Bertz CT molecular complexity index is 3810. The topological polar surface area (TPSA) is 225 Å². The number of amides is 4. The van der Waals surface area contributed by atoms with Crippen molar-refractivity contribution in [3.05, 3.63) is 213 Å². The summed E-state index contributed by atoms with van der Waals surface area (Å²) in [6.07, 6.45) is 6.02. The molecule has 0 bridgehead atoms. The lowest BCUT2D eigenvalue weighted by molar-refractivity contribution is -0.190. The Morgan fingerprint density at radius 2 is 1.40 bits per heavy atom. The number of urea groups is 1. The zero-order valence-corrected chi connectivity index (χ0v) is 56.2. The highest BCUT2D eigenvalue weighted by Crippen LogP contribution is 2.41. The Labute approximate surface area is 565 Å². The van der Waals surface area contributed by atoms with E-state index in [1.165, 1.54) is 11.0 Å². The average molecular weight is 1330 g/mol. The quantitative estimate of drug-likeness (QED) is 0.0396. The van der Waals surface area contributed by atoms with E-state index in [2.05, 4.69) is 65.2 Å². The molecular formula is C72H86Cl2N12O9. The molecule has 95 heavy (non-hydrogen) atoms. The molecule has 7 atom stereocenters. The number of carbonyl (C=O) groups excluding carboxylic acids is 3. The van der Waals surface area contributed by atoms with Gasteiger partial charge < -0.3 is 54.7 Å². The second-order valence-corrected chi connectivity index (χ2v) is 25.7. The minimum Gasteiger partial charge on any atom is -0.491 e. The Hall–Kier alpha value is -8.73. The van der Waals surface area contributed by atoms with Crippen LogP contribution in [0.3, 0.4) is 0 Å². The molecule has 3 aliphatic heterocycles. The number of halogens is 2. The number of nitrogens with one attached hydrogen (secondary N) is 3. The van der Waals surface area contributed by atoms with E-state index in [9.17, 15) is 24.3 Å². The lowest BCUT2D eigenvalue weighted by atomic mass is 9.92. The van der Waals surface area contributed by atoms with Gasteiger partial charge in [0.25, 0.3) is 5.91 Å². The van der Waals surface area contributed by atoms with Crippen LogP contribution < -0.4 is 40.9 Å². The van der Waals surface area contributed by atoms with Crippen molar-refractivity contribution in [1.82, 2.24) is 50.0 Å². The lowest BCUT2D eigenvalue weighted by Crippen LogP contribution is -2.59. The van der Waals surface area contributed by atoms with Crippen LogP contribution in [0.15, 0.2) is 169 Å². The molecule has 23 heteroatoms. The van der Waals surface area contributed by atoms with E-state index < -0.39 is 30.0 Å². The molecular weight excluding hydrogens is 1250 g/mol. The first-order valence-electron chi connectivity index (χ1n) is 32.6. The molecule has 5 heterocycles. The summed E-state index contributed by atoms with van der Waals surface area (Å²) in [6.45, 7) is 17.1. The first-order valence-corrected chi connectivity index (χ1v) is 33.4. The maximum Gasteiger partial charge on any atom is 0.350 e. The van der Waals surface area contributed by atoms with Gasteiger partial charge in [-0.15, -0.1) is 0 Å². The highest BCUT2D eigenvalue weighted by Gasteiger charge is 2.46. The predicted molar refractivity (Wildman–Crippen MR) is 368 cm³/mol. The van der Waals surface area contributed by atoms with Crippen LogP contribution in [-0.4, -0.2) is 146 Å². The smallest absolute Gasteiger partial charge is 0.350 e. The van der Waals surface area contributed by atoms with Gasteiger partial charge in [0.2, 0.25) is 11.7 Å². The third-order valence-electron chi connectivity index (χ3n) is 17.6. The molecule has 0 saturated carbocycles. The van der Waals surface area contributed by atoms with Crippen LogP contribution in [-0.2, 0) is 44.2 Å². The normalized spacial score (nSPS) is 18.0. The number of benzene rings is 6. The van der Waals surface area contributed by atoms with Gasteiger partial charge in [-0.2, -0.15) is 10.2 Å². The highest BCUT2D eigenvalue weighted by atomic mass is 35.5. The fourth-order valence-corrected chi connectivity index (χ4v) is 12.9. The number of ether oxygens (including phenoxy) is 4. The van der Waals surface area contributed by atoms with E-state index in [4.69, 9.17) is 42.1 Å². The number of nitrogens with zero attached hydrogens (tertiary/aromatic N) is 9. The molecule has 502 valence electrons. The van der Waals surface area contributed by atoms with Crippen molar-refractivity contribution in [2.45, 2.75) is 122 Å². The minimum atomic E-state index is -1.16. The first kappa shape index (κ1) is 69.1. The second kappa shape index (κ2) is 32.6. The number of hydrogen-bond donors (Lipinski definition) is 4. The molecule has 3 fully saturated rings. The fraction of sp³-hybridized carbons (Fsp3) is 0.403. The number of rotatable bonds is 26. The summed E-state index contributed by atoms with van der Waals surface area (Å²) in [6, 6.07) is 44.9. The summed E-state index contributed by atoms with van der Waals surface area (Å²) in [5.41, 5.74) is 7.48. The molecule has 0 radical (unpaired) electrons. The van der Waals surface area contributed by atoms with Gasteiger partial charge in [-0.1, -0.05) is 129 Å². The van der Waals surface area contributed by atoms with E-state index >= 15 is 0 Å². The summed E-state index contributed by atoms with van der Waals surface area (Å²) in [5.74, 6) is -0.459. The third kappa shape index (κ3) is 18.0. The van der Waals surface area contributed by atoms with E-state index in [0.29, 0.717) is 60.5 Å². The van der Waals surface area contributed by atoms with Crippen LogP contribution in [0.2, 0.25) is 10.0 Å². The van der Waals surface area contributed by atoms with Gasteiger partial charge in [0.15, 0.2) is 6.61 Å². The Morgan fingerprint density at radius 3 is 2.01 bits per heavy atom. The summed E-state index contributed by atoms with van der Waals surface area (Å²) in [7, 11) is 0. The van der Waals surface area contributed by atoms with Gasteiger partial charge in [0.05, 0.1) is 35.5 Å². The van der Waals surface area contributed by atoms with Crippen LogP contribution >= 0.6 is 23.2 Å². The van der Waals surface area contributed by atoms with Gasteiger partial charge in [-0.25, -0.2) is 28.5 Å². The van der Waals surface area contributed by atoms with E-state index in [0.717, 1.165) is 84.1 Å². The molecule has 6 aromatic carbocycles. The van der Waals surface area contributed by atoms with Crippen LogP contribution in [0.1, 0.15) is 80.8 Å². The number of aryl methyl sites for hydroxylation is 2. The summed E-state index contributed by atoms with van der Waals surface area (Å²) < 4.78 is 29.6. The number of aliphatic hydroxyl groups is 1. The SMILES string of the molecule is CCC(C)n1ncn(-c2ccc(N3CCN(c4ccc(OC[C@H]5CO[C@](Cn6cncn6)(c6ccc(Cl)cc6Cl)O5)cc4)CC3)cc2)c1=O.Cc1cccc(C)c1OCC(=O)N[C@@H](Cc1ccccc1)[C@@H](O)C[C@H](Cc1ccccc1)NC(=O)[C@H](C(C)C)N1CCCNC1=O. The van der Waals surface area contributed by atoms with Gasteiger partial charge in [0, 0.05) is 67.3 Å². The Morgan fingerprint density at radius 1 is 0.758 bits per heavy atom. The van der Waals surface area contributed by atoms with Crippen LogP contribution in [0.25, 0.3) is 5.69 Å². The number of piperazine rings is 1. The number of carbonyl (C=O) groups is 3. The molecule has 8 aromatic rings. The van der Waals surface area contributed by atoms with Crippen molar-refractivity contribution in [3.63, 3.8) is 0 Å². The number of anilines is 2. The molecule has 4 amide bonds. The van der Waals surface area contributed by atoms with Gasteiger partial charge in [0.1, 0.15) is 55.8 Å². The molecule has 2 aromatic heterocycles. The Kier molecular flexibility index (Phi) is 23.7. The van der Waals surface area contributed by atoms with Crippen LogP contribution in [0.5, 0.6) is 11.5 Å². The van der Waals surface area contributed by atoms with E-state index in [-0.39, 0.29) is 61.2 Å². The lowest BCUT2D eigenvalue weighted by Gasteiger charge is -2.37. The number of aliphatic hydroxyl groups excluding tert-OH is 1. The standard InChI is InChI=1S/C37H48N4O5.C35H38Cl2N8O4/c1-25(2)34(41-20-12-19-38-37(41)45)36(44)39-30(21-28-15-7-5-8-16-28)23-32(42)31(22-29-17-9-6-10-18-29)40-33(43)24-46-35-26(3)13-11-14-27(35)4;1-3-25(2)45-34(46)44(24-40-45)29-7-5-27(6-8-29)41-14-16-42(17-15-41)28-9-11-30(12-10-28)47-19-31-20-48-35(49-31,21-43-23-38-22-39-43)32-13-4-26(36)18-33(32)37/h5-11,13-18,25,30-32,34,42H,12,19-24H2,1-4H3,(H,38,45)(H,39,44)(H,40,43);4-13,18,22-25,31H,3,14-17,19-21H2,1-2H3/t30-,31-,32-,34-;25?,31-,35-/m00/s1. The Balaban J connectivity index is 0.000000208. The van der Waals surface area contributed by atoms with Crippen molar-refractivity contribution < 1.29 is 38.4 Å². The maximum atomic E-state index is 13.8. The molecule has 3 aliphatic rings. The third-order valence-corrected chi connectivity index (χ3v) is 18.1. The van der Waals surface area contributed by atoms with Crippen molar-refractivity contribution in [2.75, 3.05) is 68.9 Å². The number of hydrogen-bond acceptors (Lipinski definition) is 14. The maximum absolute atomic E-state index is 13.8. The summed E-state index contributed by atoms with van der Waals surface area (Å²) in [5, 5.41) is 30.2. The fourth-order valence-electron chi connectivity index (χ4n) is 12.4. The number of aromatic nitrogens is 6. The number of para-hydroxylation sites is 1. The zero-order chi connectivity index (χ0) is 67.0. The van der Waals surface area contributed by atoms with Gasteiger partial charge in [-0.3, -0.25) is 9.59 Å². The van der Waals surface area contributed by atoms with Crippen molar-refractivity contribution in [3.8, 4) is 17.2 Å². The molecule has 11 rings (SSSR count). The van der Waals surface area contributed by atoms with Gasteiger partial charge >= 0.3 is 11.7 Å². The molecule has 3 saturated heterocycles. The van der Waals surface area contributed by atoms with E-state index in [1.807, 2.05) is 151 Å².